The minimum atomic E-state index is -0.231. The Kier molecular flexibility index (Phi) is 3.60. The summed E-state index contributed by atoms with van der Waals surface area (Å²) in [5.74, 6) is 2.10. The van der Waals surface area contributed by atoms with Gasteiger partial charge in [0.05, 0.1) is 5.39 Å². The molecular weight excluding hydrogens is 312 g/mol. The number of aromatic nitrogens is 5. The van der Waals surface area contributed by atoms with Crippen LogP contribution in [-0.4, -0.2) is 38.2 Å². The molecule has 0 radical (unpaired) electrons. The molecule has 8 heteroatoms. The minimum absolute atomic E-state index is 0.231. The summed E-state index contributed by atoms with van der Waals surface area (Å²) in [4.78, 5) is 27.6. The van der Waals surface area contributed by atoms with Crippen molar-refractivity contribution >= 4 is 27.4 Å². The Balaban J connectivity index is 1.56. The molecule has 0 saturated carbocycles. The van der Waals surface area contributed by atoms with Crippen LogP contribution < -0.4 is 10.6 Å². The van der Waals surface area contributed by atoms with E-state index in [9.17, 15) is 4.79 Å². The zero-order chi connectivity index (χ0) is 15.8. The lowest BCUT2D eigenvalue weighted by molar-refractivity contribution is 0.485. The molecule has 1 aliphatic heterocycles. The Bertz CT molecular complexity index is 873. The van der Waals surface area contributed by atoms with Gasteiger partial charge in [-0.25, -0.2) is 19.9 Å². The molecule has 0 atom stereocenters. The topological polar surface area (TPSA) is 90.6 Å². The standard InChI is InChI=1S/C15H18N6OS/c1-2-10-7-11-13(16-8-17-14(11)23-10)21-5-3-9(4-6-21)12-18-15(22)20-19-12/h7-9H,2-6H2,1H3,(H2,18,19,20,22). The third kappa shape index (κ3) is 2.63. The van der Waals surface area contributed by atoms with Crippen LogP contribution in [0.3, 0.4) is 0 Å². The molecule has 7 nitrogen and oxygen atoms in total. The second-order valence-electron chi connectivity index (χ2n) is 5.81. The molecule has 1 aliphatic rings. The van der Waals surface area contributed by atoms with Gasteiger partial charge in [0.15, 0.2) is 0 Å². The van der Waals surface area contributed by atoms with Gasteiger partial charge in [0.25, 0.3) is 0 Å². The van der Waals surface area contributed by atoms with Crippen LogP contribution in [0.15, 0.2) is 17.2 Å². The van der Waals surface area contributed by atoms with Gasteiger partial charge in [-0.05, 0) is 25.3 Å². The number of nitrogens with zero attached hydrogens (tertiary/aromatic N) is 4. The molecule has 0 aromatic carbocycles. The summed E-state index contributed by atoms with van der Waals surface area (Å²) in [5.41, 5.74) is -0.231. The number of thiophene rings is 1. The smallest absolute Gasteiger partial charge is 0.340 e. The lowest BCUT2D eigenvalue weighted by Crippen LogP contribution is -2.34. The first-order chi connectivity index (χ1) is 11.2. The van der Waals surface area contributed by atoms with Crippen LogP contribution in [0.25, 0.3) is 10.2 Å². The fourth-order valence-electron chi connectivity index (χ4n) is 3.16. The van der Waals surface area contributed by atoms with Crippen LogP contribution in [0.1, 0.15) is 36.4 Å². The van der Waals surface area contributed by atoms with Gasteiger partial charge in [-0.3, -0.25) is 4.98 Å². The second kappa shape index (κ2) is 5.77. The highest BCUT2D eigenvalue weighted by molar-refractivity contribution is 7.18. The lowest BCUT2D eigenvalue weighted by atomic mass is 9.96. The van der Waals surface area contributed by atoms with E-state index in [1.54, 1.807) is 17.7 Å². The monoisotopic (exact) mass is 330 g/mol. The molecule has 3 aromatic rings. The predicted octanol–water partition coefficient (Wildman–Crippen LogP) is 2.05. The maximum absolute atomic E-state index is 11.2. The summed E-state index contributed by atoms with van der Waals surface area (Å²) in [7, 11) is 0. The van der Waals surface area contributed by atoms with Crippen LogP contribution in [0, 0.1) is 0 Å². The van der Waals surface area contributed by atoms with Crippen LogP contribution >= 0.6 is 11.3 Å². The van der Waals surface area contributed by atoms with Crippen molar-refractivity contribution in [2.24, 2.45) is 0 Å². The summed E-state index contributed by atoms with van der Waals surface area (Å²) in [6, 6.07) is 2.21. The van der Waals surface area contributed by atoms with Crippen molar-refractivity contribution in [3.05, 3.63) is 33.6 Å². The van der Waals surface area contributed by atoms with Gasteiger partial charge in [-0.15, -0.1) is 11.3 Å². The first-order valence-corrected chi connectivity index (χ1v) is 8.69. The maximum Gasteiger partial charge on any atom is 0.340 e. The molecule has 0 bridgehead atoms. The van der Waals surface area contributed by atoms with E-state index in [0.29, 0.717) is 5.92 Å². The van der Waals surface area contributed by atoms with Crippen LogP contribution in [-0.2, 0) is 6.42 Å². The molecule has 0 aliphatic carbocycles. The zero-order valence-electron chi connectivity index (χ0n) is 12.9. The number of rotatable bonds is 3. The SMILES string of the molecule is CCc1cc2c(N3CCC(c4n[nH]c(=O)[nH]4)CC3)ncnc2s1. The largest absolute Gasteiger partial charge is 0.356 e. The molecule has 0 amide bonds. The number of anilines is 1. The van der Waals surface area contributed by atoms with Crippen molar-refractivity contribution < 1.29 is 0 Å². The number of H-pyrrole nitrogens is 2. The number of nitrogens with one attached hydrogen (secondary N) is 2. The van der Waals surface area contributed by atoms with Crippen molar-refractivity contribution in [3.63, 3.8) is 0 Å². The van der Waals surface area contributed by atoms with Gasteiger partial charge >= 0.3 is 5.69 Å². The number of fused-ring (bicyclic) bond motifs is 1. The molecule has 4 heterocycles. The summed E-state index contributed by atoms with van der Waals surface area (Å²) < 4.78 is 0. The Morgan fingerprint density at radius 3 is 2.87 bits per heavy atom. The third-order valence-electron chi connectivity index (χ3n) is 4.41. The number of aromatic amines is 2. The minimum Gasteiger partial charge on any atom is -0.356 e. The van der Waals surface area contributed by atoms with Crippen LogP contribution in [0.2, 0.25) is 0 Å². The molecule has 0 unspecified atom stereocenters. The molecule has 1 saturated heterocycles. The predicted molar refractivity (Wildman–Crippen MR) is 90.2 cm³/mol. The average molecular weight is 330 g/mol. The van der Waals surface area contributed by atoms with Gasteiger partial charge in [0.1, 0.15) is 22.8 Å². The van der Waals surface area contributed by atoms with Crippen molar-refractivity contribution in [1.29, 1.82) is 0 Å². The quantitative estimate of drug-likeness (QED) is 0.767. The van der Waals surface area contributed by atoms with E-state index in [-0.39, 0.29) is 5.69 Å². The van der Waals surface area contributed by atoms with Crippen LogP contribution in [0.4, 0.5) is 5.82 Å². The normalized spacial score (nSPS) is 16.3. The van der Waals surface area contributed by atoms with Gasteiger partial charge in [0, 0.05) is 23.9 Å². The summed E-state index contributed by atoms with van der Waals surface area (Å²) in [5, 5.41) is 7.67. The fraction of sp³-hybridized carbons (Fsp3) is 0.467. The summed E-state index contributed by atoms with van der Waals surface area (Å²) in [6.07, 6.45) is 4.59. The highest BCUT2D eigenvalue weighted by Crippen LogP contribution is 2.33. The number of aryl methyl sites for hydroxylation is 1. The van der Waals surface area contributed by atoms with E-state index in [1.165, 1.54) is 4.88 Å². The molecule has 4 rings (SSSR count). The Hall–Kier alpha value is -2.22. The first-order valence-electron chi connectivity index (χ1n) is 7.87. The average Bonchev–Trinajstić information content (AvgIpc) is 3.20. The third-order valence-corrected chi connectivity index (χ3v) is 5.60. The van der Waals surface area contributed by atoms with Crippen molar-refractivity contribution in [1.82, 2.24) is 25.1 Å². The zero-order valence-corrected chi connectivity index (χ0v) is 13.7. The van der Waals surface area contributed by atoms with Crippen molar-refractivity contribution in [2.75, 3.05) is 18.0 Å². The summed E-state index contributed by atoms with van der Waals surface area (Å²) >= 11 is 1.74. The van der Waals surface area contributed by atoms with E-state index in [1.807, 2.05) is 0 Å². The summed E-state index contributed by atoms with van der Waals surface area (Å²) in [6.45, 7) is 3.97. The Labute approximate surface area is 136 Å². The Morgan fingerprint density at radius 2 is 2.17 bits per heavy atom. The molecule has 2 N–H and O–H groups in total. The van der Waals surface area contributed by atoms with Gasteiger partial charge in [0.2, 0.25) is 0 Å². The van der Waals surface area contributed by atoms with Crippen molar-refractivity contribution in [3.8, 4) is 0 Å². The first kappa shape index (κ1) is 14.4. The molecule has 1 fully saturated rings. The maximum atomic E-state index is 11.2. The van der Waals surface area contributed by atoms with E-state index in [0.717, 1.165) is 54.2 Å². The molecule has 0 spiro atoms. The van der Waals surface area contributed by atoms with E-state index >= 15 is 0 Å². The number of piperidine rings is 1. The van der Waals surface area contributed by atoms with Gasteiger partial charge < -0.3 is 4.90 Å². The highest BCUT2D eigenvalue weighted by atomic mass is 32.1. The second-order valence-corrected chi connectivity index (χ2v) is 6.92. The highest BCUT2D eigenvalue weighted by Gasteiger charge is 2.25. The van der Waals surface area contributed by atoms with Gasteiger partial charge in [-0.2, -0.15) is 5.10 Å². The molecule has 23 heavy (non-hydrogen) atoms. The van der Waals surface area contributed by atoms with E-state index in [4.69, 9.17) is 0 Å². The number of hydrogen-bond donors (Lipinski definition) is 2. The Morgan fingerprint density at radius 1 is 1.35 bits per heavy atom. The van der Waals surface area contributed by atoms with Crippen molar-refractivity contribution in [2.45, 2.75) is 32.1 Å². The fourth-order valence-corrected chi connectivity index (χ4v) is 4.09. The van der Waals surface area contributed by atoms with E-state index in [2.05, 4.69) is 43.0 Å². The van der Waals surface area contributed by atoms with Gasteiger partial charge in [-0.1, -0.05) is 6.92 Å². The molecular formula is C15H18N6OS. The lowest BCUT2D eigenvalue weighted by Gasteiger charge is -2.32. The molecule has 120 valence electrons. The van der Waals surface area contributed by atoms with Crippen LogP contribution in [0.5, 0.6) is 0 Å². The van der Waals surface area contributed by atoms with E-state index < -0.39 is 0 Å². The molecule has 3 aromatic heterocycles. The number of hydrogen-bond acceptors (Lipinski definition) is 6.